The fourth-order valence-corrected chi connectivity index (χ4v) is 3.32. The second kappa shape index (κ2) is 6.17. The van der Waals surface area contributed by atoms with Gasteiger partial charge in [-0.2, -0.15) is 0 Å². The molecule has 0 aromatic heterocycles. The Morgan fingerprint density at radius 2 is 1.82 bits per heavy atom. The molecule has 0 bridgehead atoms. The highest BCUT2D eigenvalue weighted by molar-refractivity contribution is 4.85. The first-order chi connectivity index (χ1) is 8.16. The normalized spacial score (nSPS) is 37.9. The van der Waals surface area contributed by atoms with E-state index in [1.807, 2.05) is 0 Å². The van der Waals surface area contributed by atoms with Crippen LogP contribution in [-0.2, 0) is 0 Å². The zero-order valence-corrected chi connectivity index (χ0v) is 11.1. The molecule has 3 atom stereocenters. The van der Waals surface area contributed by atoms with Gasteiger partial charge in [0.2, 0.25) is 0 Å². The van der Waals surface area contributed by atoms with Crippen molar-refractivity contribution < 1.29 is 5.11 Å². The first kappa shape index (κ1) is 13.3. The fraction of sp³-hybridized carbons (Fsp3) is 1.00. The standard InChI is InChI=1S/C14H28N2O/c1-11-7-8-13(15)14(17)10-16(11)9-12-5-3-2-4-6-12/h11-14,17H,2-10,15H2,1H3/t11-,13+,14+/m1/s1. The van der Waals surface area contributed by atoms with E-state index in [2.05, 4.69) is 11.8 Å². The van der Waals surface area contributed by atoms with Crippen molar-refractivity contribution >= 4 is 0 Å². The fourth-order valence-electron chi connectivity index (χ4n) is 3.32. The molecule has 2 fully saturated rings. The SMILES string of the molecule is C[C@@H]1CC[C@H](N)[C@@H](O)CN1CC1CCCCC1. The van der Waals surface area contributed by atoms with Crippen molar-refractivity contribution in [1.82, 2.24) is 4.90 Å². The molecule has 2 aliphatic rings. The van der Waals surface area contributed by atoms with Crippen LogP contribution in [0.15, 0.2) is 0 Å². The summed E-state index contributed by atoms with van der Waals surface area (Å²) in [6.07, 6.45) is 8.73. The smallest absolute Gasteiger partial charge is 0.0817 e. The van der Waals surface area contributed by atoms with Gasteiger partial charge in [-0.3, -0.25) is 4.90 Å². The average Bonchev–Trinajstić information content (AvgIpc) is 2.45. The third-order valence-corrected chi connectivity index (χ3v) is 4.67. The van der Waals surface area contributed by atoms with E-state index >= 15 is 0 Å². The van der Waals surface area contributed by atoms with Crippen molar-refractivity contribution in [3.8, 4) is 0 Å². The van der Waals surface area contributed by atoms with Crippen LogP contribution in [-0.4, -0.2) is 41.3 Å². The highest BCUT2D eigenvalue weighted by Gasteiger charge is 2.28. The van der Waals surface area contributed by atoms with E-state index in [1.165, 1.54) is 38.6 Å². The lowest BCUT2D eigenvalue weighted by Crippen LogP contribution is -2.44. The minimum atomic E-state index is -0.330. The summed E-state index contributed by atoms with van der Waals surface area (Å²) in [7, 11) is 0. The van der Waals surface area contributed by atoms with Gasteiger partial charge in [0.15, 0.2) is 0 Å². The second-order valence-electron chi connectivity index (χ2n) is 6.12. The van der Waals surface area contributed by atoms with Crippen LogP contribution in [0.25, 0.3) is 0 Å². The molecule has 0 radical (unpaired) electrons. The van der Waals surface area contributed by atoms with Gasteiger partial charge in [0.05, 0.1) is 6.10 Å². The van der Waals surface area contributed by atoms with Crippen LogP contribution in [0.3, 0.4) is 0 Å². The maximum absolute atomic E-state index is 10.0. The lowest BCUT2D eigenvalue weighted by atomic mass is 9.88. The Bertz CT molecular complexity index is 228. The number of aliphatic hydroxyl groups is 1. The van der Waals surface area contributed by atoms with Crippen LogP contribution in [0, 0.1) is 5.92 Å². The van der Waals surface area contributed by atoms with Crippen LogP contribution < -0.4 is 5.73 Å². The molecule has 1 saturated carbocycles. The molecule has 17 heavy (non-hydrogen) atoms. The van der Waals surface area contributed by atoms with Crippen molar-refractivity contribution in [3.63, 3.8) is 0 Å². The number of hydrogen-bond donors (Lipinski definition) is 2. The summed E-state index contributed by atoms with van der Waals surface area (Å²) in [5, 5.41) is 10.0. The van der Waals surface area contributed by atoms with E-state index in [9.17, 15) is 5.11 Å². The highest BCUT2D eigenvalue weighted by atomic mass is 16.3. The Morgan fingerprint density at radius 3 is 2.53 bits per heavy atom. The molecule has 1 heterocycles. The molecule has 0 aromatic carbocycles. The average molecular weight is 240 g/mol. The lowest BCUT2D eigenvalue weighted by Gasteiger charge is -2.33. The quantitative estimate of drug-likeness (QED) is 0.773. The van der Waals surface area contributed by atoms with E-state index in [0.717, 1.165) is 25.3 Å². The largest absolute Gasteiger partial charge is 0.390 e. The predicted octanol–water partition coefficient (Wildman–Crippen LogP) is 1.74. The van der Waals surface area contributed by atoms with Gasteiger partial charge < -0.3 is 10.8 Å². The number of aliphatic hydroxyl groups excluding tert-OH is 1. The topological polar surface area (TPSA) is 49.5 Å². The molecule has 0 unspecified atom stereocenters. The zero-order chi connectivity index (χ0) is 12.3. The molecule has 0 aromatic rings. The minimum Gasteiger partial charge on any atom is -0.390 e. The summed E-state index contributed by atoms with van der Waals surface area (Å²) in [6, 6.07) is 0.564. The van der Waals surface area contributed by atoms with E-state index in [1.54, 1.807) is 0 Å². The molecule has 1 aliphatic heterocycles. The van der Waals surface area contributed by atoms with Crippen molar-refractivity contribution in [2.45, 2.75) is 70.1 Å². The molecule has 0 amide bonds. The number of hydrogen-bond acceptors (Lipinski definition) is 3. The van der Waals surface area contributed by atoms with Crippen LogP contribution in [0.5, 0.6) is 0 Å². The molecular weight excluding hydrogens is 212 g/mol. The number of likely N-dealkylation sites (tertiary alicyclic amines) is 1. The maximum atomic E-state index is 10.0. The van der Waals surface area contributed by atoms with E-state index < -0.39 is 0 Å². The van der Waals surface area contributed by atoms with Crippen LogP contribution in [0.4, 0.5) is 0 Å². The Labute approximate surface area is 105 Å². The second-order valence-corrected chi connectivity index (χ2v) is 6.12. The van der Waals surface area contributed by atoms with Crippen molar-refractivity contribution in [2.24, 2.45) is 11.7 Å². The first-order valence-electron chi connectivity index (χ1n) is 7.34. The summed E-state index contributed by atoms with van der Waals surface area (Å²) >= 11 is 0. The maximum Gasteiger partial charge on any atom is 0.0817 e. The number of rotatable bonds is 2. The van der Waals surface area contributed by atoms with Crippen LogP contribution in [0.2, 0.25) is 0 Å². The molecule has 0 spiro atoms. The van der Waals surface area contributed by atoms with E-state index in [4.69, 9.17) is 5.73 Å². The van der Waals surface area contributed by atoms with Gasteiger partial charge in [0, 0.05) is 25.2 Å². The van der Waals surface area contributed by atoms with Gasteiger partial charge in [-0.05, 0) is 38.5 Å². The van der Waals surface area contributed by atoms with Gasteiger partial charge >= 0.3 is 0 Å². The minimum absolute atomic E-state index is 0.0196. The number of β-amino-alcohol motifs (C(OH)–C–C–N with tert-alkyl or cyclic N) is 1. The van der Waals surface area contributed by atoms with E-state index in [0.29, 0.717) is 6.04 Å². The molecule has 1 saturated heterocycles. The number of nitrogens with two attached hydrogens (primary N) is 1. The molecule has 2 rings (SSSR count). The predicted molar refractivity (Wildman–Crippen MR) is 70.8 cm³/mol. The van der Waals surface area contributed by atoms with E-state index in [-0.39, 0.29) is 12.1 Å². The summed E-state index contributed by atoms with van der Waals surface area (Å²) in [5.41, 5.74) is 5.96. The molecule has 3 nitrogen and oxygen atoms in total. The summed E-state index contributed by atoms with van der Waals surface area (Å²) in [4.78, 5) is 2.48. The Morgan fingerprint density at radius 1 is 1.12 bits per heavy atom. The lowest BCUT2D eigenvalue weighted by molar-refractivity contribution is 0.0791. The summed E-state index contributed by atoms with van der Waals surface area (Å²) < 4.78 is 0. The molecule has 3 heteroatoms. The van der Waals surface area contributed by atoms with Crippen LogP contribution in [0.1, 0.15) is 51.9 Å². The monoisotopic (exact) mass is 240 g/mol. The number of nitrogens with zero attached hydrogens (tertiary/aromatic N) is 1. The Hall–Kier alpha value is -0.120. The first-order valence-corrected chi connectivity index (χ1v) is 7.34. The van der Waals surface area contributed by atoms with Gasteiger partial charge in [-0.1, -0.05) is 19.3 Å². The van der Waals surface area contributed by atoms with Gasteiger partial charge in [0.1, 0.15) is 0 Å². The highest BCUT2D eigenvalue weighted by Crippen LogP contribution is 2.26. The summed E-state index contributed by atoms with van der Waals surface area (Å²) in [5.74, 6) is 0.854. The molecule has 3 N–H and O–H groups in total. The van der Waals surface area contributed by atoms with Gasteiger partial charge in [-0.25, -0.2) is 0 Å². The van der Waals surface area contributed by atoms with Crippen LogP contribution >= 0.6 is 0 Å². The zero-order valence-electron chi connectivity index (χ0n) is 11.1. The van der Waals surface area contributed by atoms with Crippen molar-refractivity contribution in [3.05, 3.63) is 0 Å². The van der Waals surface area contributed by atoms with Gasteiger partial charge in [-0.15, -0.1) is 0 Å². The Balaban J connectivity index is 1.88. The van der Waals surface area contributed by atoms with Crippen molar-refractivity contribution in [1.29, 1.82) is 0 Å². The van der Waals surface area contributed by atoms with Crippen molar-refractivity contribution in [2.75, 3.05) is 13.1 Å². The molecule has 100 valence electrons. The molecule has 1 aliphatic carbocycles. The van der Waals surface area contributed by atoms with Gasteiger partial charge in [0.25, 0.3) is 0 Å². The summed E-state index contributed by atoms with van der Waals surface area (Å²) in [6.45, 7) is 4.23. The third-order valence-electron chi connectivity index (χ3n) is 4.67. The Kier molecular flexibility index (Phi) is 4.83. The third kappa shape index (κ3) is 3.67. The molecular formula is C14H28N2O.